The summed E-state index contributed by atoms with van der Waals surface area (Å²) < 4.78 is 0. The van der Waals surface area contributed by atoms with Crippen molar-refractivity contribution < 1.29 is 10.0 Å². The van der Waals surface area contributed by atoms with E-state index in [1.165, 1.54) is 0 Å². The molecule has 0 heterocycles. The Kier molecular flexibility index (Phi) is 3.10. The summed E-state index contributed by atoms with van der Waals surface area (Å²) in [6.07, 6.45) is -0.477. The Morgan fingerprint density at radius 2 is 2.38 bits per heavy atom. The molecule has 0 aliphatic carbocycles. The normalized spacial score (nSPS) is 13.2. The van der Waals surface area contributed by atoms with Crippen molar-refractivity contribution in [3.05, 3.63) is 10.1 Å². The van der Waals surface area contributed by atoms with E-state index >= 15 is 0 Å². The number of nitrogens with zero attached hydrogens (tertiary/aromatic N) is 1. The Morgan fingerprint density at radius 3 is 2.50 bits per heavy atom. The molecule has 1 N–H and O–H groups in total. The van der Waals surface area contributed by atoms with Gasteiger partial charge in [0.2, 0.25) is 0 Å². The van der Waals surface area contributed by atoms with Crippen molar-refractivity contribution in [1.29, 1.82) is 0 Å². The molecule has 1 unspecified atom stereocenters. The smallest absolute Gasteiger partial charge is 0.312 e. The Labute approximate surface area is 47.3 Å². The standard InChI is InChI=1S/C4H9NO3/c1-2-3-4(6)5(7)8/h4,6H,2-3H2,1H3. The lowest BCUT2D eigenvalue weighted by molar-refractivity contribution is -0.571. The second-order valence-corrected chi connectivity index (χ2v) is 1.55. The van der Waals surface area contributed by atoms with E-state index in [0.29, 0.717) is 6.42 Å². The van der Waals surface area contributed by atoms with E-state index in [1.807, 2.05) is 0 Å². The van der Waals surface area contributed by atoms with Gasteiger partial charge in [0, 0.05) is 6.42 Å². The molecular weight excluding hydrogens is 110 g/mol. The molecule has 0 saturated heterocycles. The summed E-state index contributed by atoms with van der Waals surface area (Å²) in [6.45, 7) is 1.78. The van der Waals surface area contributed by atoms with E-state index in [2.05, 4.69) is 0 Å². The Bertz CT molecular complexity index is 83.4. The third-order valence-corrected chi connectivity index (χ3v) is 0.790. The van der Waals surface area contributed by atoms with Gasteiger partial charge in [-0.1, -0.05) is 6.92 Å². The van der Waals surface area contributed by atoms with Crippen LogP contribution in [-0.4, -0.2) is 16.3 Å². The highest BCUT2D eigenvalue weighted by molar-refractivity contribution is 4.35. The molecule has 48 valence electrons. The zero-order valence-electron chi connectivity index (χ0n) is 4.70. The maximum Gasteiger partial charge on any atom is 0.312 e. The molecule has 0 aromatic carbocycles. The first kappa shape index (κ1) is 7.36. The fraction of sp³-hybridized carbons (Fsp3) is 1.00. The van der Waals surface area contributed by atoms with Gasteiger partial charge >= 0.3 is 6.23 Å². The second kappa shape index (κ2) is 3.37. The van der Waals surface area contributed by atoms with Gasteiger partial charge in [-0.15, -0.1) is 0 Å². The lowest BCUT2D eigenvalue weighted by atomic mass is 10.3. The molecule has 0 fully saturated rings. The van der Waals surface area contributed by atoms with Crippen LogP contribution in [0.2, 0.25) is 0 Å². The van der Waals surface area contributed by atoms with Gasteiger partial charge in [-0.2, -0.15) is 0 Å². The lowest BCUT2D eigenvalue weighted by Gasteiger charge is -1.96. The van der Waals surface area contributed by atoms with Crippen molar-refractivity contribution in [2.75, 3.05) is 0 Å². The van der Waals surface area contributed by atoms with Gasteiger partial charge in [-0.3, -0.25) is 10.1 Å². The molecule has 1 atom stereocenters. The number of hydrogen-bond donors (Lipinski definition) is 1. The number of aliphatic hydroxyl groups excluding tert-OH is 1. The fourth-order valence-electron chi connectivity index (χ4n) is 0.364. The molecule has 0 spiro atoms. The summed E-state index contributed by atoms with van der Waals surface area (Å²) in [5, 5.41) is 18.1. The number of hydrogen-bond acceptors (Lipinski definition) is 3. The van der Waals surface area contributed by atoms with Gasteiger partial charge in [0.1, 0.15) is 0 Å². The molecule has 0 saturated carbocycles. The first-order valence-electron chi connectivity index (χ1n) is 2.50. The van der Waals surface area contributed by atoms with Gasteiger partial charge in [-0.05, 0) is 6.42 Å². The van der Waals surface area contributed by atoms with Gasteiger partial charge in [0.25, 0.3) is 0 Å². The van der Waals surface area contributed by atoms with Gasteiger partial charge < -0.3 is 5.11 Å². The monoisotopic (exact) mass is 119 g/mol. The number of aliphatic hydroxyl groups is 1. The van der Waals surface area contributed by atoms with Crippen molar-refractivity contribution in [3.63, 3.8) is 0 Å². The molecule has 0 bridgehead atoms. The van der Waals surface area contributed by atoms with Gasteiger partial charge in [0.05, 0.1) is 4.92 Å². The van der Waals surface area contributed by atoms with Crippen molar-refractivity contribution in [2.24, 2.45) is 0 Å². The summed E-state index contributed by atoms with van der Waals surface area (Å²) in [5.74, 6) is 0. The molecule has 0 aliphatic rings. The topological polar surface area (TPSA) is 63.4 Å². The minimum Gasteiger partial charge on any atom is -0.333 e. The van der Waals surface area contributed by atoms with Crippen LogP contribution >= 0.6 is 0 Å². The highest BCUT2D eigenvalue weighted by atomic mass is 16.7. The fourth-order valence-corrected chi connectivity index (χ4v) is 0.364. The predicted octanol–water partition coefficient (Wildman–Crippen LogP) is 0.382. The van der Waals surface area contributed by atoms with Crippen molar-refractivity contribution in [2.45, 2.75) is 26.0 Å². The van der Waals surface area contributed by atoms with E-state index < -0.39 is 11.2 Å². The zero-order valence-corrected chi connectivity index (χ0v) is 4.70. The van der Waals surface area contributed by atoms with Crippen LogP contribution in [0.1, 0.15) is 19.8 Å². The molecule has 0 aliphatic heterocycles. The van der Waals surface area contributed by atoms with Crippen LogP contribution in [0.4, 0.5) is 0 Å². The van der Waals surface area contributed by atoms with E-state index in [0.717, 1.165) is 0 Å². The SMILES string of the molecule is CCCC(O)[N+](=O)[O-]. The maximum absolute atomic E-state index is 9.64. The minimum absolute atomic E-state index is 0.243. The zero-order chi connectivity index (χ0) is 6.57. The van der Waals surface area contributed by atoms with Crippen LogP contribution in [0, 0.1) is 10.1 Å². The molecule has 8 heavy (non-hydrogen) atoms. The molecule has 0 rings (SSSR count). The number of nitro groups is 1. The molecular formula is C4H9NO3. The largest absolute Gasteiger partial charge is 0.333 e. The van der Waals surface area contributed by atoms with Gasteiger partial charge in [0.15, 0.2) is 0 Å². The molecule has 0 aromatic rings. The first-order chi connectivity index (χ1) is 3.68. The highest BCUT2D eigenvalue weighted by Crippen LogP contribution is 1.94. The summed E-state index contributed by atoms with van der Waals surface area (Å²) in [5.41, 5.74) is 0. The van der Waals surface area contributed by atoms with Crippen molar-refractivity contribution in [3.8, 4) is 0 Å². The molecule has 4 heteroatoms. The average Bonchev–Trinajstić information content (AvgIpc) is 1.67. The Morgan fingerprint density at radius 1 is 1.88 bits per heavy atom. The molecule has 0 amide bonds. The minimum atomic E-state index is -1.36. The van der Waals surface area contributed by atoms with Crippen LogP contribution in [-0.2, 0) is 0 Å². The first-order valence-corrected chi connectivity index (χ1v) is 2.50. The van der Waals surface area contributed by atoms with E-state index in [9.17, 15) is 10.1 Å². The van der Waals surface area contributed by atoms with E-state index in [1.54, 1.807) is 6.92 Å². The lowest BCUT2D eigenvalue weighted by Crippen LogP contribution is -2.17. The third-order valence-electron chi connectivity index (χ3n) is 0.790. The predicted molar refractivity (Wildman–Crippen MR) is 27.9 cm³/mol. The maximum atomic E-state index is 9.64. The average molecular weight is 119 g/mol. The van der Waals surface area contributed by atoms with Gasteiger partial charge in [-0.25, -0.2) is 0 Å². The van der Waals surface area contributed by atoms with Crippen molar-refractivity contribution in [1.82, 2.24) is 0 Å². The Hall–Kier alpha value is -0.640. The van der Waals surface area contributed by atoms with Crippen LogP contribution in [0.15, 0.2) is 0 Å². The second-order valence-electron chi connectivity index (χ2n) is 1.55. The summed E-state index contributed by atoms with van der Waals surface area (Å²) in [4.78, 5) is 8.95. The van der Waals surface area contributed by atoms with Crippen LogP contribution < -0.4 is 0 Å². The van der Waals surface area contributed by atoms with Crippen LogP contribution in [0.5, 0.6) is 0 Å². The molecule has 0 aromatic heterocycles. The number of rotatable bonds is 3. The molecule has 0 radical (unpaired) electrons. The quantitative estimate of drug-likeness (QED) is 0.332. The summed E-state index contributed by atoms with van der Waals surface area (Å²) in [7, 11) is 0. The van der Waals surface area contributed by atoms with E-state index in [-0.39, 0.29) is 6.42 Å². The molecule has 4 nitrogen and oxygen atoms in total. The summed E-state index contributed by atoms with van der Waals surface area (Å²) >= 11 is 0. The third kappa shape index (κ3) is 2.52. The van der Waals surface area contributed by atoms with E-state index in [4.69, 9.17) is 5.11 Å². The highest BCUT2D eigenvalue weighted by Gasteiger charge is 2.11. The summed E-state index contributed by atoms with van der Waals surface area (Å²) in [6, 6.07) is 0. The van der Waals surface area contributed by atoms with Crippen LogP contribution in [0.25, 0.3) is 0 Å². The van der Waals surface area contributed by atoms with Crippen molar-refractivity contribution >= 4 is 0 Å². The van der Waals surface area contributed by atoms with Crippen LogP contribution in [0.3, 0.4) is 0 Å². The Balaban J connectivity index is 3.32.